The van der Waals surface area contributed by atoms with E-state index < -0.39 is 6.10 Å². The maximum atomic E-state index is 13.6. The lowest BCUT2D eigenvalue weighted by Gasteiger charge is -2.39. The van der Waals surface area contributed by atoms with Crippen molar-refractivity contribution in [1.82, 2.24) is 9.80 Å². The molecule has 1 amide bonds. The number of hydrogen-bond acceptors (Lipinski definition) is 4. The monoisotopic (exact) mass is 372 g/mol. The molecule has 0 unspecified atom stereocenters. The van der Waals surface area contributed by atoms with Crippen LogP contribution in [0.15, 0.2) is 48.5 Å². The summed E-state index contributed by atoms with van der Waals surface area (Å²) in [6, 6.07) is 13.4. The van der Waals surface area contributed by atoms with E-state index in [2.05, 4.69) is 0 Å². The third-order valence-corrected chi connectivity index (χ3v) is 4.95. The number of nitrogens with zero attached hydrogens (tertiary/aromatic N) is 2. The molecular weight excluding hydrogens is 347 g/mol. The Hall–Kier alpha value is -2.44. The minimum Gasteiger partial charge on any atom is -0.489 e. The third kappa shape index (κ3) is 4.64. The largest absolute Gasteiger partial charge is 0.489 e. The molecule has 0 radical (unpaired) electrons. The standard InChI is InChI=1S/C21H25FN2O3/c1-23(2)19-11-12-24(13-20(19)25)21(26)15-7-9-17(10-8-15)27-14-16-5-3-4-6-18(16)22/h3-10,19-20,25H,11-14H2,1-2H3/t19-,20-/m0/s1. The molecule has 0 saturated carbocycles. The van der Waals surface area contributed by atoms with Crippen LogP contribution in [-0.4, -0.2) is 60.1 Å². The van der Waals surface area contributed by atoms with Crippen LogP contribution in [0.2, 0.25) is 0 Å². The SMILES string of the molecule is CN(C)[C@H]1CCN(C(=O)c2ccc(OCc3ccccc3F)cc2)C[C@@H]1O. The first-order valence-corrected chi connectivity index (χ1v) is 9.05. The molecule has 0 aliphatic carbocycles. The summed E-state index contributed by atoms with van der Waals surface area (Å²) < 4.78 is 19.2. The second-order valence-electron chi connectivity index (χ2n) is 7.04. The molecule has 0 bridgehead atoms. The van der Waals surface area contributed by atoms with E-state index in [1.54, 1.807) is 47.4 Å². The number of aliphatic hydroxyl groups is 1. The lowest BCUT2D eigenvalue weighted by Crippen LogP contribution is -2.53. The van der Waals surface area contributed by atoms with E-state index >= 15 is 0 Å². The van der Waals surface area contributed by atoms with Crippen LogP contribution in [0.3, 0.4) is 0 Å². The van der Waals surface area contributed by atoms with Crippen LogP contribution >= 0.6 is 0 Å². The molecule has 6 heteroatoms. The van der Waals surface area contributed by atoms with Crippen molar-refractivity contribution in [2.24, 2.45) is 0 Å². The summed E-state index contributed by atoms with van der Waals surface area (Å²) in [5.74, 6) is 0.164. The Bertz CT molecular complexity index is 779. The van der Waals surface area contributed by atoms with Gasteiger partial charge in [0, 0.05) is 30.3 Å². The smallest absolute Gasteiger partial charge is 0.253 e. The van der Waals surface area contributed by atoms with Crippen LogP contribution in [-0.2, 0) is 6.61 Å². The van der Waals surface area contributed by atoms with E-state index in [0.717, 1.165) is 6.42 Å². The maximum Gasteiger partial charge on any atom is 0.253 e. The second kappa shape index (κ2) is 8.50. The summed E-state index contributed by atoms with van der Waals surface area (Å²) >= 11 is 0. The fourth-order valence-electron chi connectivity index (χ4n) is 3.36. The van der Waals surface area contributed by atoms with Gasteiger partial charge in [-0.25, -0.2) is 4.39 Å². The van der Waals surface area contributed by atoms with Crippen LogP contribution in [0.5, 0.6) is 5.75 Å². The molecule has 144 valence electrons. The molecule has 1 N–H and O–H groups in total. The van der Waals surface area contributed by atoms with E-state index in [1.165, 1.54) is 6.07 Å². The van der Waals surface area contributed by atoms with Crippen molar-refractivity contribution in [2.75, 3.05) is 27.2 Å². The van der Waals surface area contributed by atoms with Gasteiger partial charge in [0.05, 0.1) is 6.10 Å². The summed E-state index contributed by atoms with van der Waals surface area (Å²) in [6.45, 7) is 1.07. The number of likely N-dealkylation sites (N-methyl/N-ethyl adjacent to an activating group) is 1. The van der Waals surface area contributed by atoms with Crippen LogP contribution < -0.4 is 4.74 Å². The molecule has 1 fully saturated rings. The van der Waals surface area contributed by atoms with Crippen molar-refractivity contribution in [1.29, 1.82) is 0 Å². The Morgan fingerprint density at radius 2 is 1.93 bits per heavy atom. The number of hydrogen-bond donors (Lipinski definition) is 1. The van der Waals surface area contributed by atoms with Crippen molar-refractivity contribution in [3.8, 4) is 5.75 Å². The average Bonchev–Trinajstić information content (AvgIpc) is 2.67. The van der Waals surface area contributed by atoms with Crippen LogP contribution in [0, 0.1) is 5.82 Å². The molecule has 0 spiro atoms. The van der Waals surface area contributed by atoms with E-state index in [4.69, 9.17) is 4.74 Å². The topological polar surface area (TPSA) is 53.0 Å². The molecule has 2 aromatic rings. The van der Waals surface area contributed by atoms with Gasteiger partial charge in [-0.1, -0.05) is 18.2 Å². The second-order valence-corrected chi connectivity index (χ2v) is 7.04. The van der Waals surface area contributed by atoms with Gasteiger partial charge < -0.3 is 19.6 Å². The number of ether oxygens (including phenoxy) is 1. The lowest BCUT2D eigenvalue weighted by atomic mass is 10.00. The number of likely N-dealkylation sites (tertiary alicyclic amines) is 1. The predicted octanol–water partition coefficient (Wildman–Crippen LogP) is 2.54. The average molecular weight is 372 g/mol. The Kier molecular flexibility index (Phi) is 6.08. The van der Waals surface area contributed by atoms with Gasteiger partial charge in [-0.3, -0.25) is 4.79 Å². The van der Waals surface area contributed by atoms with Gasteiger partial charge in [0.2, 0.25) is 0 Å². The molecule has 1 aliphatic heterocycles. The summed E-state index contributed by atoms with van der Waals surface area (Å²) in [5.41, 5.74) is 1.03. The molecule has 1 saturated heterocycles. The minimum atomic E-state index is -0.555. The first-order valence-electron chi connectivity index (χ1n) is 9.05. The van der Waals surface area contributed by atoms with E-state index in [-0.39, 0.29) is 24.4 Å². The van der Waals surface area contributed by atoms with Gasteiger partial charge in [-0.05, 0) is 50.8 Å². The lowest BCUT2D eigenvalue weighted by molar-refractivity contribution is 0.00607. The zero-order valence-electron chi connectivity index (χ0n) is 15.6. The number of carbonyl (C=O) groups excluding carboxylic acids is 1. The van der Waals surface area contributed by atoms with Crippen LogP contribution in [0.25, 0.3) is 0 Å². The molecule has 1 aliphatic rings. The number of benzene rings is 2. The fourth-order valence-corrected chi connectivity index (χ4v) is 3.36. The summed E-state index contributed by atoms with van der Waals surface area (Å²) in [7, 11) is 3.87. The summed E-state index contributed by atoms with van der Waals surface area (Å²) in [5, 5.41) is 10.3. The van der Waals surface area contributed by atoms with E-state index in [1.807, 2.05) is 19.0 Å². The molecule has 27 heavy (non-hydrogen) atoms. The van der Waals surface area contributed by atoms with Crippen molar-refractivity contribution in [2.45, 2.75) is 25.2 Å². The first-order chi connectivity index (χ1) is 13.0. The third-order valence-electron chi connectivity index (χ3n) is 4.95. The van der Waals surface area contributed by atoms with Gasteiger partial charge in [0.25, 0.3) is 5.91 Å². The molecule has 1 heterocycles. The number of rotatable bonds is 5. The van der Waals surface area contributed by atoms with Crippen molar-refractivity contribution in [3.63, 3.8) is 0 Å². The van der Waals surface area contributed by atoms with Gasteiger partial charge in [-0.2, -0.15) is 0 Å². The van der Waals surface area contributed by atoms with Gasteiger partial charge in [0.1, 0.15) is 18.2 Å². The highest BCUT2D eigenvalue weighted by Crippen LogP contribution is 2.20. The molecule has 2 aromatic carbocycles. The number of β-amino-alcohol motifs (C(OH)–C–C–N with tert-alkyl or cyclic N) is 1. The quantitative estimate of drug-likeness (QED) is 0.876. The number of piperidine rings is 1. The Balaban J connectivity index is 1.58. The Labute approximate surface area is 159 Å². The minimum absolute atomic E-state index is 0.0724. The highest BCUT2D eigenvalue weighted by Gasteiger charge is 2.31. The fraction of sp³-hybridized carbons (Fsp3) is 0.381. The molecule has 3 rings (SSSR count). The molecule has 5 nitrogen and oxygen atoms in total. The highest BCUT2D eigenvalue weighted by atomic mass is 19.1. The zero-order chi connectivity index (χ0) is 19.4. The number of carbonyl (C=O) groups is 1. The van der Waals surface area contributed by atoms with Crippen LogP contribution in [0.1, 0.15) is 22.3 Å². The van der Waals surface area contributed by atoms with Crippen molar-refractivity contribution >= 4 is 5.91 Å². The predicted molar refractivity (Wildman–Crippen MR) is 101 cm³/mol. The molecule has 2 atom stereocenters. The zero-order valence-corrected chi connectivity index (χ0v) is 15.6. The molecular formula is C21H25FN2O3. The summed E-state index contributed by atoms with van der Waals surface area (Å²) in [4.78, 5) is 16.3. The van der Waals surface area contributed by atoms with Crippen molar-refractivity contribution < 1.29 is 19.0 Å². The van der Waals surface area contributed by atoms with Crippen LogP contribution in [0.4, 0.5) is 4.39 Å². The Morgan fingerprint density at radius 1 is 1.22 bits per heavy atom. The Morgan fingerprint density at radius 3 is 2.56 bits per heavy atom. The van der Waals surface area contributed by atoms with E-state index in [0.29, 0.717) is 30.0 Å². The van der Waals surface area contributed by atoms with E-state index in [9.17, 15) is 14.3 Å². The first kappa shape index (κ1) is 19.3. The number of amides is 1. The number of halogens is 1. The highest BCUT2D eigenvalue weighted by molar-refractivity contribution is 5.94. The van der Waals surface area contributed by atoms with Gasteiger partial charge in [-0.15, -0.1) is 0 Å². The number of aliphatic hydroxyl groups excluding tert-OH is 1. The molecule has 0 aromatic heterocycles. The van der Waals surface area contributed by atoms with Gasteiger partial charge >= 0.3 is 0 Å². The normalized spacial score (nSPS) is 20.0. The van der Waals surface area contributed by atoms with Crippen molar-refractivity contribution in [3.05, 3.63) is 65.5 Å². The maximum absolute atomic E-state index is 13.6. The summed E-state index contributed by atoms with van der Waals surface area (Å²) in [6.07, 6.45) is 0.185. The van der Waals surface area contributed by atoms with Gasteiger partial charge in [0.15, 0.2) is 0 Å².